The number of methoxy groups -OCH3 is 1. The van der Waals surface area contributed by atoms with Gasteiger partial charge >= 0.3 is 5.97 Å². The van der Waals surface area contributed by atoms with Crippen molar-refractivity contribution in [1.29, 1.82) is 5.26 Å². The number of carbonyl (C=O) groups is 1. The van der Waals surface area contributed by atoms with Crippen LogP contribution in [0.15, 0.2) is 24.3 Å². The second-order valence-electron chi connectivity index (χ2n) is 4.30. The molecule has 1 aromatic rings. The maximum Gasteiger partial charge on any atom is 0.309 e. The van der Waals surface area contributed by atoms with E-state index in [0.29, 0.717) is 12.8 Å². The fourth-order valence-corrected chi connectivity index (χ4v) is 1.91. The summed E-state index contributed by atoms with van der Waals surface area (Å²) in [6, 6.07) is 10.0. The zero-order chi connectivity index (χ0) is 14.1. The SMILES string of the molecule is CCN(CCC#N)Cc1ccccc1CC(=O)OC. The van der Waals surface area contributed by atoms with Crippen molar-refractivity contribution < 1.29 is 9.53 Å². The molecule has 0 unspecified atom stereocenters. The van der Waals surface area contributed by atoms with Crippen LogP contribution in [-0.4, -0.2) is 31.1 Å². The highest BCUT2D eigenvalue weighted by Crippen LogP contribution is 2.13. The summed E-state index contributed by atoms with van der Waals surface area (Å²) in [5.74, 6) is -0.229. The topological polar surface area (TPSA) is 53.3 Å². The Bertz CT molecular complexity index is 452. The summed E-state index contributed by atoms with van der Waals surface area (Å²) >= 11 is 0. The Kier molecular flexibility index (Phi) is 6.62. The molecule has 0 aromatic heterocycles. The van der Waals surface area contributed by atoms with E-state index in [4.69, 9.17) is 10.00 Å². The molecule has 0 N–H and O–H groups in total. The first kappa shape index (κ1) is 15.2. The predicted octanol–water partition coefficient (Wildman–Crippen LogP) is 2.14. The molecule has 19 heavy (non-hydrogen) atoms. The molecule has 0 aliphatic carbocycles. The molecule has 102 valence electrons. The highest BCUT2D eigenvalue weighted by Gasteiger charge is 2.10. The number of hydrogen-bond acceptors (Lipinski definition) is 4. The molecule has 0 aliphatic rings. The van der Waals surface area contributed by atoms with Crippen molar-refractivity contribution >= 4 is 5.97 Å². The molecule has 0 atom stereocenters. The van der Waals surface area contributed by atoms with E-state index >= 15 is 0 Å². The highest BCUT2D eigenvalue weighted by molar-refractivity contribution is 5.72. The van der Waals surface area contributed by atoms with Crippen LogP contribution in [0.4, 0.5) is 0 Å². The molecule has 0 amide bonds. The first-order chi connectivity index (χ1) is 9.21. The largest absolute Gasteiger partial charge is 0.469 e. The molecule has 4 nitrogen and oxygen atoms in total. The van der Waals surface area contributed by atoms with Crippen molar-refractivity contribution in [2.45, 2.75) is 26.3 Å². The fraction of sp³-hybridized carbons (Fsp3) is 0.467. The zero-order valence-corrected chi connectivity index (χ0v) is 11.6. The molecule has 0 radical (unpaired) electrons. The first-order valence-electron chi connectivity index (χ1n) is 6.44. The number of nitrogens with zero attached hydrogens (tertiary/aromatic N) is 2. The van der Waals surface area contributed by atoms with Crippen LogP contribution in [0, 0.1) is 11.3 Å². The fourth-order valence-electron chi connectivity index (χ4n) is 1.91. The van der Waals surface area contributed by atoms with Gasteiger partial charge in [-0.05, 0) is 17.7 Å². The van der Waals surface area contributed by atoms with Gasteiger partial charge in [-0.2, -0.15) is 5.26 Å². The maximum atomic E-state index is 11.4. The lowest BCUT2D eigenvalue weighted by Crippen LogP contribution is -2.24. The van der Waals surface area contributed by atoms with Gasteiger partial charge in [-0.1, -0.05) is 31.2 Å². The second-order valence-corrected chi connectivity index (χ2v) is 4.30. The Hall–Kier alpha value is -1.86. The van der Waals surface area contributed by atoms with Gasteiger partial charge in [0, 0.05) is 19.5 Å². The number of rotatable bonds is 7. The third-order valence-corrected chi connectivity index (χ3v) is 3.06. The van der Waals surface area contributed by atoms with Gasteiger partial charge in [0.15, 0.2) is 0 Å². The summed E-state index contributed by atoms with van der Waals surface area (Å²) in [6.07, 6.45) is 0.815. The highest BCUT2D eigenvalue weighted by atomic mass is 16.5. The third-order valence-electron chi connectivity index (χ3n) is 3.06. The lowest BCUT2D eigenvalue weighted by Gasteiger charge is -2.20. The molecule has 1 aromatic carbocycles. The van der Waals surface area contributed by atoms with Crippen LogP contribution in [0.25, 0.3) is 0 Å². The Balaban J connectivity index is 2.76. The average Bonchev–Trinajstić information content (AvgIpc) is 2.44. The molecule has 0 saturated carbocycles. The van der Waals surface area contributed by atoms with Crippen molar-refractivity contribution in [2.75, 3.05) is 20.2 Å². The van der Waals surface area contributed by atoms with E-state index in [1.807, 2.05) is 24.3 Å². The number of hydrogen-bond donors (Lipinski definition) is 0. The quantitative estimate of drug-likeness (QED) is 0.705. The van der Waals surface area contributed by atoms with Gasteiger partial charge in [0.2, 0.25) is 0 Å². The van der Waals surface area contributed by atoms with Gasteiger partial charge in [-0.15, -0.1) is 0 Å². The molecule has 0 aliphatic heterocycles. The molecule has 4 heteroatoms. The summed E-state index contributed by atoms with van der Waals surface area (Å²) in [7, 11) is 1.40. The normalized spacial score (nSPS) is 10.2. The van der Waals surface area contributed by atoms with Crippen molar-refractivity contribution in [1.82, 2.24) is 4.90 Å². The number of carbonyl (C=O) groups excluding carboxylic acids is 1. The average molecular weight is 260 g/mol. The van der Waals surface area contributed by atoms with Gasteiger partial charge in [0.1, 0.15) is 0 Å². The zero-order valence-electron chi connectivity index (χ0n) is 11.6. The van der Waals surface area contributed by atoms with Gasteiger partial charge in [0.05, 0.1) is 19.6 Å². The van der Waals surface area contributed by atoms with Crippen molar-refractivity contribution in [3.63, 3.8) is 0 Å². The first-order valence-corrected chi connectivity index (χ1v) is 6.44. The summed E-state index contributed by atoms with van der Waals surface area (Å²) < 4.78 is 4.71. The minimum Gasteiger partial charge on any atom is -0.469 e. The molecular formula is C15H20N2O2. The van der Waals surface area contributed by atoms with Crippen molar-refractivity contribution in [3.8, 4) is 6.07 Å². The minimum atomic E-state index is -0.229. The van der Waals surface area contributed by atoms with Crippen LogP contribution in [0.3, 0.4) is 0 Å². The lowest BCUT2D eigenvalue weighted by molar-refractivity contribution is -0.139. The number of benzene rings is 1. The Morgan fingerprint density at radius 2 is 2.05 bits per heavy atom. The third kappa shape index (κ3) is 5.11. The van der Waals surface area contributed by atoms with Crippen LogP contribution in [0.1, 0.15) is 24.5 Å². The van der Waals surface area contributed by atoms with E-state index in [2.05, 4.69) is 17.9 Å². The van der Waals surface area contributed by atoms with Crippen LogP contribution in [0.5, 0.6) is 0 Å². The Labute approximate surface area is 114 Å². The lowest BCUT2D eigenvalue weighted by atomic mass is 10.0. The van der Waals surface area contributed by atoms with Gasteiger partial charge in [-0.3, -0.25) is 9.69 Å². The molecule has 0 bridgehead atoms. The Morgan fingerprint density at radius 1 is 1.37 bits per heavy atom. The molecular weight excluding hydrogens is 240 g/mol. The van der Waals surface area contributed by atoms with Crippen LogP contribution in [-0.2, 0) is 22.5 Å². The monoisotopic (exact) mass is 260 g/mol. The van der Waals surface area contributed by atoms with E-state index in [-0.39, 0.29) is 5.97 Å². The summed E-state index contributed by atoms with van der Waals surface area (Å²) in [5, 5.41) is 8.64. The predicted molar refractivity (Wildman–Crippen MR) is 73.3 cm³/mol. The van der Waals surface area contributed by atoms with E-state index in [1.165, 1.54) is 7.11 Å². The molecule has 0 spiro atoms. The van der Waals surface area contributed by atoms with E-state index in [9.17, 15) is 4.79 Å². The van der Waals surface area contributed by atoms with E-state index in [0.717, 1.165) is 30.8 Å². The molecule has 1 rings (SSSR count). The summed E-state index contributed by atoms with van der Waals surface area (Å²) in [5.41, 5.74) is 2.11. The van der Waals surface area contributed by atoms with E-state index < -0.39 is 0 Å². The summed E-state index contributed by atoms with van der Waals surface area (Å²) in [6.45, 7) is 4.46. The van der Waals surface area contributed by atoms with Gasteiger partial charge < -0.3 is 4.74 Å². The Morgan fingerprint density at radius 3 is 2.63 bits per heavy atom. The second kappa shape index (κ2) is 8.28. The van der Waals surface area contributed by atoms with Crippen LogP contribution >= 0.6 is 0 Å². The smallest absolute Gasteiger partial charge is 0.309 e. The van der Waals surface area contributed by atoms with Gasteiger partial charge in [-0.25, -0.2) is 0 Å². The molecule has 0 saturated heterocycles. The van der Waals surface area contributed by atoms with Crippen molar-refractivity contribution in [2.24, 2.45) is 0 Å². The standard InChI is InChI=1S/C15H20N2O2/c1-3-17(10-6-9-16)12-14-8-5-4-7-13(14)11-15(18)19-2/h4-5,7-8H,3,6,10-12H2,1-2H3. The van der Waals surface area contributed by atoms with Gasteiger partial charge in [0.25, 0.3) is 0 Å². The number of esters is 1. The molecule has 0 fully saturated rings. The maximum absolute atomic E-state index is 11.4. The van der Waals surface area contributed by atoms with Crippen LogP contribution < -0.4 is 0 Å². The number of ether oxygens (including phenoxy) is 1. The summed E-state index contributed by atoms with van der Waals surface area (Å²) in [4.78, 5) is 13.6. The minimum absolute atomic E-state index is 0.229. The number of nitriles is 1. The van der Waals surface area contributed by atoms with Crippen molar-refractivity contribution in [3.05, 3.63) is 35.4 Å². The molecule has 0 heterocycles. The van der Waals surface area contributed by atoms with E-state index in [1.54, 1.807) is 0 Å². The van der Waals surface area contributed by atoms with Crippen LogP contribution in [0.2, 0.25) is 0 Å².